The summed E-state index contributed by atoms with van der Waals surface area (Å²) in [6.07, 6.45) is 2.68. The first-order valence-corrected chi connectivity index (χ1v) is 13.1. The van der Waals surface area contributed by atoms with Gasteiger partial charge < -0.3 is 4.74 Å². The van der Waals surface area contributed by atoms with Gasteiger partial charge >= 0.3 is 0 Å². The standard InChI is InChI=1S/C14H13NO2.C10H12F2.C5H10.2C2H6/c1-10-3-5-12(6-4-10)17-13-7-8-15-14(9-13)11(2)16;1-7-4-5-8(2)9(6-7)10(3,11)12;1-4-5(2)3;2*1-2/h3-9H,1-2H3;4-6H,1-3H3;2,4H2,1,3H3;2*1-2H3. The zero-order valence-electron chi connectivity index (χ0n) is 25.2. The van der Waals surface area contributed by atoms with Gasteiger partial charge in [-0.15, -0.1) is 6.58 Å². The van der Waals surface area contributed by atoms with Crippen molar-refractivity contribution in [3.05, 3.63) is 101 Å². The van der Waals surface area contributed by atoms with Gasteiger partial charge in [-0.2, -0.15) is 0 Å². The highest BCUT2D eigenvalue weighted by atomic mass is 19.3. The van der Waals surface area contributed by atoms with Crippen LogP contribution in [0.2, 0.25) is 0 Å². The molecule has 0 bridgehead atoms. The number of allylic oxidation sites excluding steroid dienone is 1. The minimum atomic E-state index is -2.73. The number of hydrogen-bond acceptors (Lipinski definition) is 3. The fourth-order valence-corrected chi connectivity index (χ4v) is 2.62. The van der Waals surface area contributed by atoms with Crippen LogP contribution in [0.3, 0.4) is 0 Å². The molecule has 0 aliphatic rings. The van der Waals surface area contributed by atoms with E-state index in [-0.39, 0.29) is 11.3 Å². The highest BCUT2D eigenvalue weighted by Crippen LogP contribution is 2.30. The lowest BCUT2D eigenvalue weighted by molar-refractivity contribution is 0.0167. The second-order valence-electron chi connectivity index (χ2n) is 8.37. The molecule has 5 heteroatoms. The van der Waals surface area contributed by atoms with E-state index in [9.17, 15) is 13.6 Å². The number of pyridine rings is 1. The van der Waals surface area contributed by atoms with Crippen LogP contribution in [-0.2, 0) is 5.92 Å². The third-order valence-electron chi connectivity index (χ3n) is 4.82. The van der Waals surface area contributed by atoms with Gasteiger partial charge in [0.1, 0.15) is 17.2 Å². The van der Waals surface area contributed by atoms with Gasteiger partial charge in [-0.25, -0.2) is 8.78 Å². The Balaban J connectivity index is 0. The summed E-state index contributed by atoms with van der Waals surface area (Å²) in [5.74, 6) is -1.43. The molecule has 0 fully saturated rings. The molecule has 0 radical (unpaired) electrons. The van der Waals surface area contributed by atoms with E-state index in [1.165, 1.54) is 24.1 Å². The van der Waals surface area contributed by atoms with E-state index in [0.29, 0.717) is 17.0 Å². The molecule has 1 heterocycles. The van der Waals surface area contributed by atoms with Gasteiger partial charge in [0.2, 0.25) is 0 Å². The fourth-order valence-electron chi connectivity index (χ4n) is 2.62. The molecule has 1 aromatic heterocycles. The average molecular weight is 528 g/mol. The van der Waals surface area contributed by atoms with Gasteiger partial charge in [-0.05, 0) is 63.9 Å². The Kier molecular flexibility index (Phi) is 19.1. The summed E-state index contributed by atoms with van der Waals surface area (Å²) in [6, 6.07) is 16.2. The van der Waals surface area contributed by atoms with Crippen molar-refractivity contribution in [2.24, 2.45) is 0 Å². The van der Waals surface area contributed by atoms with Crippen molar-refractivity contribution >= 4 is 5.78 Å². The number of Topliss-reactive ketones (excluding diaryl/α,β-unsaturated/α-hetero) is 1. The Morgan fingerprint density at radius 3 is 1.79 bits per heavy atom. The minimum Gasteiger partial charge on any atom is -0.457 e. The molecule has 3 rings (SSSR count). The second kappa shape index (κ2) is 19.7. The van der Waals surface area contributed by atoms with Crippen molar-refractivity contribution in [1.29, 1.82) is 0 Å². The molecule has 210 valence electrons. The van der Waals surface area contributed by atoms with Crippen LogP contribution in [0.15, 0.2) is 72.9 Å². The summed E-state index contributed by atoms with van der Waals surface area (Å²) >= 11 is 0. The summed E-state index contributed by atoms with van der Waals surface area (Å²) in [7, 11) is 0. The highest BCUT2D eigenvalue weighted by molar-refractivity contribution is 5.92. The number of nitrogens with zero attached hydrogens (tertiary/aromatic N) is 1. The molecule has 0 saturated carbocycles. The molecule has 38 heavy (non-hydrogen) atoms. The van der Waals surface area contributed by atoms with Crippen LogP contribution < -0.4 is 4.74 Å². The Bertz CT molecular complexity index is 1080. The molecule has 0 saturated heterocycles. The van der Waals surface area contributed by atoms with Crippen LogP contribution in [0.5, 0.6) is 11.5 Å². The monoisotopic (exact) mass is 527 g/mol. The first-order chi connectivity index (χ1) is 17.8. The lowest BCUT2D eigenvalue weighted by Gasteiger charge is -2.13. The Morgan fingerprint density at radius 2 is 1.37 bits per heavy atom. The van der Waals surface area contributed by atoms with Crippen molar-refractivity contribution in [1.82, 2.24) is 4.98 Å². The zero-order chi connectivity index (χ0) is 29.9. The summed E-state index contributed by atoms with van der Waals surface area (Å²) in [6.45, 7) is 23.7. The molecule has 0 aliphatic carbocycles. The Morgan fingerprint density at radius 1 is 0.868 bits per heavy atom. The van der Waals surface area contributed by atoms with Crippen LogP contribution in [0.4, 0.5) is 8.78 Å². The van der Waals surface area contributed by atoms with E-state index in [1.54, 1.807) is 31.3 Å². The molecule has 0 atom stereocenters. The molecule has 3 aromatic rings. The first-order valence-electron chi connectivity index (χ1n) is 13.1. The minimum absolute atomic E-state index is 0.0700. The van der Waals surface area contributed by atoms with Gasteiger partial charge in [0, 0.05) is 31.7 Å². The third-order valence-corrected chi connectivity index (χ3v) is 4.82. The SMILES string of the molecule is C=C(C)CC.CC.CC.CC(=O)c1cc(Oc2ccc(C)cc2)ccn1.Cc1ccc(C)c(C(C)(F)F)c1. The number of hydrogen-bond donors (Lipinski definition) is 0. The largest absolute Gasteiger partial charge is 0.457 e. The number of aryl methyl sites for hydroxylation is 3. The fraction of sp³-hybridized carbons (Fsp3) is 0.394. The van der Waals surface area contributed by atoms with Gasteiger partial charge in [0.15, 0.2) is 5.78 Å². The van der Waals surface area contributed by atoms with Gasteiger partial charge in [0.05, 0.1) is 0 Å². The van der Waals surface area contributed by atoms with E-state index >= 15 is 0 Å². The van der Waals surface area contributed by atoms with E-state index in [2.05, 4.69) is 18.5 Å². The maximum Gasteiger partial charge on any atom is 0.270 e. The molecular weight excluding hydrogens is 480 g/mol. The lowest BCUT2D eigenvalue weighted by Crippen LogP contribution is -2.09. The number of alkyl halides is 2. The van der Waals surface area contributed by atoms with Crippen LogP contribution >= 0.6 is 0 Å². The zero-order valence-corrected chi connectivity index (χ0v) is 25.2. The summed E-state index contributed by atoms with van der Waals surface area (Å²) in [5.41, 5.74) is 4.49. The Hall–Kier alpha value is -3.34. The second-order valence-corrected chi connectivity index (χ2v) is 8.37. The average Bonchev–Trinajstić information content (AvgIpc) is 2.89. The quantitative estimate of drug-likeness (QED) is 0.245. The number of rotatable bonds is 5. The van der Waals surface area contributed by atoms with Crippen molar-refractivity contribution < 1.29 is 18.3 Å². The van der Waals surface area contributed by atoms with E-state index in [4.69, 9.17) is 4.74 Å². The van der Waals surface area contributed by atoms with Crippen molar-refractivity contribution in [2.45, 2.75) is 88.5 Å². The number of ether oxygens (including phenoxy) is 1. The Labute approximate surface area is 230 Å². The van der Waals surface area contributed by atoms with E-state index < -0.39 is 5.92 Å². The van der Waals surface area contributed by atoms with E-state index in [0.717, 1.165) is 24.7 Å². The van der Waals surface area contributed by atoms with Crippen LogP contribution in [0.1, 0.15) is 94.6 Å². The van der Waals surface area contributed by atoms with Crippen LogP contribution in [0, 0.1) is 20.8 Å². The predicted octanol–water partition coefficient (Wildman–Crippen LogP) is 10.8. The third kappa shape index (κ3) is 15.7. The molecule has 0 unspecified atom stereocenters. The molecule has 2 aromatic carbocycles. The molecule has 0 aliphatic heterocycles. The van der Waals surface area contributed by atoms with Crippen molar-refractivity contribution in [3.8, 4) is 11.5 Å². The summed E-state index contributed by atoms with van der Waals surface area (Å²) < 4.78 is 31.4. The predicted molar refractivity (Wildman–Crippen MR) is 159 cm³/mol. The first kappa shape index (κ1) is 36.8. The van der Waals surface area contributed by atoms with Crippen LogP contribution in [-0.4, -0.2) is 10.8 Å². The highest BCUT2D eigenvalue weighted by Gasteiger charge is 2.25. The summed E-state index contributed by atoms with van der Waals surface area (Å²) in [4.78, 5) is 15.1. The topological polar surface area (TPSA) is 39.2 Å². The normalized spacial score (nSPS) is 9.50. The van der Waals surface area contributed by atoms with Gasteiger partial charge in [-0.1, -0.05) is 75.6 Å². The maximum absolute atomic E-state index is 12.9. The number of halogens is 2. The van der Waals surface area contributed by atoms with E-state index in [1.807, 2.05) is 78.8 Å². The maximum atomic E-state index is 12.9. The molecular formula is C33H47F2NO2. The molecule has 0 amide bonds. The number of aromatic nitrogens is 1. The van der Waals surface area contributed by atoms with Crippen molar-refractivity contribution in [3.63, 3.8) is 0 Å². The van der Waals surface area contributed by atoms with Crippen molar-refractivity contribution in [2.75, 3.05) is 0 Å². The number of benzene rings is 2. The number of carbonyl (C=O) groups is 1. The smallest absolute Gasteiger partial charge is 0.270 e. The summed E-state index contributed by atoms with van der Waals surface area (Å²) in [5, 5.41) is 0. The lowest BCUT2D eigenvalue weighted by atomic mass is 10.0. The molecule has 0 N–H and O–H groups in total. The number of ketones is 1. The van der Waals surface area contributed by atoms with Gasteiger partial charge in [0.25, 0.3) is 5.92 Å². The van der Waals surface area contributed by atoms with Crippen LogP contribution in [0.25, 0.3) is 0 Å². The molecule has 0 spiro atoms. The number of carbonyl (C=O) groups excluding carboxylic acids is 1. The molecule has 3 nitrogen and oxygen atoms in total. The van der Waals surface area contributed by atoms with Gasteiger partial charge in [-0.3, -0.25) is 9.78 Å².